The van der Waals surface area contributed by atoms with Crippen LogP contribution in [-0.4, -0.2) is 49.9 Å². The Bertz CT molecular complexity index is 661. The van der Waals surface area contributed by atoms with Crippen molar-refractivity contribution >= 4 is 13.2 Å². The van der Waals surface area contributed by atoms with Gasteiger partial charge in [0.15, 0.2) is 18.5 Å². The van der Waals surface area contributed by atoms with Gasteiger partial charge in [-0.3, -0.25) is 4.39 Å². The first kappa shape index (κ1) is 30.1. The Morgan fingerprint density at radius 1 is 0.818 bits per heavy atom. The lowest BCUT2D eigenvalue weighted by Gasteiger charge is -2.27. The number of hydrogen-bond acceptors (Lipinski definition) is 0. The minimum absolute atomic E-state index is 0.0464. The van der Waals surface area contributed by atoms with Crippen LogP contribution in [0.5, 0.6) is 0 Å². The van der Waals surface area contributed by atoms with Crippen LogP contribution in [0.15, 0.2) is 18.2 Å². The molecule has 1 aromatic carbocycles. The summed E-state index contributed by atoms with van der Waals surface area (Å²) in [4.78, 5) is 0. The molecular weight excluding hydrogens is 471 g/mol. The monoisotopic (exact) mass is 506 g/mol. The third kappa shape index (κ3) is 10.1. The van der Waals surface area contributed by atoms with Gasteiger partial charge in [0.2, 0.25) is 0 Å². The summed E-state index contributed by atoms with van der Waals surface area (Å²) < 4.78 is 111. The molecule has 0 saturated heterocycles. The van der Waals surface area contributed by atoms with Crippen LogP contribution >= 0.6 is 7.92 Å². The van der Waals surface area contributed by atoms with Gasteiger partial charge in [0.05, 0.1) is 6.67 Å². The van der Waals surface area contributed by atoms with Crippen molar-refractivity contribution in [3.63, 3.8) is 0 Å². The van der Waals surface area contributed by atoms with Crippen LogP contribution in [0.4, 0.5) is 35.1 Å². The lowest BCUT2D eigenvalue weighted by molar-refractivity contribution is 0.00363. The highest BCUT2D eigenvalue weighted by Gasteiger charge is 2.41. The van der Waals surface area contributed by atoms with Crippen LogP contribution in [0.3, 0.4) is 0 Å². The minimum Gasteiger partial charge on any atom is -0.251 e. The molecular formula is C24H35F8P. The molecule has 33 heavy (non-hydrogen) atoms. The highest BCUT2D eigenvalue weighted by atomic mass is 31.1. The van der Waals surface area contributed by atoms with Crippen LogP contribution in [0, 0.1) is 17.6 Å². The predicted octanol–water partition coefficient (Wildman–Crippen LogP) is 8.12. The van der Waals surface area contributed by atoms with Crippen molar-refractivity contribution in [2.24, 2.45) is 5.92 Å². The molecule has 0 N–H and O–H groups in total. The van der Waals surface area contributed by atoms with Gasteiger partial charge >= 0.3 is 0 Å². The topological polar surface area (TPSA) is 0 Å². The number of benzene rings is 1. The maximum absolute atomic E-state index is 14.7. The van der Waals surface area contributed by atoms with E-state index in [1.54, 1.807) is 0 Å². The molecule has 0 saturated carbocycles. The van der Waals surface area contributed by atoms with E-state index in [9.17, 15) is 35.1 Å². The molecule has 0 aliphatic carbocycles. The molecule has 0 amide bonds. The highest BCUT2D eigenvalue weighted by molar-refractivity contribution is 7.65. The average molecular weight is 507 g/mol. The third-order valence-electron chi connectivity index (χ3n) is 5.91. The van der Waals surface area contributed by atoms with E-state index in [1.165, 1.54) is 6.07 Å². The SMILES string of the molecule is CCCCC(CC)CCP(CC(F)C(F)C(F)C(F)C(F)CCCF)c1ccc(F)cc1F. The summed E-state index contributed by atoms with van der Waals surface area (Å²) in [6.45, 7) is 3.12. The van der Waals surface area contributed by atoms with Gasteiger partial charge in [-0.2, -0.15) is 0 Å². The average Bonchev–Trinajstić information content (AvgIpc) is 2.80. The Morgan fingerprint density at radius 3 is 2.06 bits per heavy atom. The van der Waals surface area contributed by atoms with E-state index in [0.29, 0.717) is 24.6 Å². The van der Waals surface area contributed by atoms with Gasteiger partial charge in [0, 0.05) is 17.5 Å². The lowest BCUT2D eigenvalue weighted by atomic mass is 9.97. The fourth-order valence-electron chi connectivity index (χ4n) is 3.75. The molecule has 1 rings (SSSR count). The second-order valence-electron chi connectivity index (χ2n) is 8.44. The van der Waals surface area contributed by atoms with Crippen LogP contribution < -0.4 is 5.30 Å². The van der Waals surface area contributed by atoms with Crippen molar-refractivity contribution in [3.8, 4) is 0 Å². The van der Waals surface area contributed by atoms with Crippen LogP contribution in [0.2, 0.25) is 0 Å². The number of rotatable bonds is 17. The van der Waals surface area contributed by atoms with Crippen molar-refractivity contribution in [1.82, 2.24) is 0 Å². The van der Waals surface area contributed by atoms with Gasteiger partial charge in [-0.15, -0.1) is 0 Å². The van der Waals surface area contributed by atoms with E-state index in [2.05, 4.69) is 0 Å². The maximum Gasteiger partial charge on any atom is 0.168 e. The van der Waals surface area contributed by atoms with Crippen LogP contribution in [-0.2, 0) is 0 Å². The van der Waals surface area contributed by atoms with E-state index < -0.39 is 69.7 Å². The Hall–Kier alpha value is -0.910. The summed E-state index contributed by atoms with van der Waals surface area (Å²) in [5, 5.41) is 0.0464. The number of alkyl halides is 6. The molecule has 0 heterocycles. The van der Waals surface area contributed by atoms with E-state index in [1.807, 2.05) is 13.8 Å². The summed E-state index contributed by atoms with van der Waals surface area (Å²) in [7, 11) is -1.67. The molecule has 7 unspecified atom stereocenters. The second-order valence-corrected chi connectivity index (χ2v) is 10.8. The lowest BCUT2D eigenvalue weighted by Crippen LogP contribution is -2.41. The first-order chi connectivity index (χ1) is 15.7. The molecule has 0 bridgehead atoms. The molecule has 0 aliphatic heterocycles. The Kier molecular flexibility index (Phi) is 14.5. The minimum atomic E-state index is -3.06. The quantitative estimate of drug-likeness (QED) is 0.148. The van der Waals surface area contributed by atoms with Crippen molar-refractivity contribution in [3.05, 3.63) is 29.8 Å². The van der Waals surface area contributed by atoms with Crippen molar-refractivity contribution in [1.29, 1.82) is 0 Å². The van der Waals surface area contributed by atoms with E-state index in [-0.39, 0.29) is 11.7 Å². The molecule has 0 aliphatic rings. The molecule has 0 nitrogen and oxygen atoms in total. The van der Waals surface area contributed by atoms with Crippen LogP contribution in [0.25, 0.3) is 0 Å². The third-order valence-corrected chi connectivity index (χ3v) is 8.54. The van der Waals surface area contributed by atoms with Crippen molar-refractivity contribution < 1.29 is 35.1 Å². The van der Waals surface area contributed by atoms with Crippen molar-refractivity contribution in [2.45, 2.75) is 89.7 Å². The second kappa shape index (κ2) is 15.9. The zero-order valence-corrected chi connectivity index (χ0v) is 20.1. The first-order valence-electron chi connectivity index (χ1n) is 11.6. The van der Waals surface area contributed by atoms with Crippen LogP contribution in [0.1, 0.15) is 58.8 Å². The predicted molar refractivity (Wildman–Crippen MR) is 120 cm³/mol. The molecule has 192 valence electrons. The first-order valence-corrected chi connectivity index (χ1v) is 13.3. The maximum atomic E-state index is 14.7. The van der Waals surface area contributed by atoms with E-state index in [4.69, 9.17) is 0 Å². The van der Waals surface area contributed by atoms with Gasteiger partial charge in [-0.1, -0.05) is 47.5 Å². The zero-order chi connectivity index (χ0) is 25.0. The van der Waals surface area contributed by atoms with Gasteiger partial charge in [-0.05, 0) is 43.5 Å². The van der Waals surface area contributed by atoms with Gasteiger partial charge in [-0.25, -0.2) is 30.7 Å². The largest absolute Gasteiger partial charge is 0.251 e. The zero-order valence-electron chi connectivity index (χ0n) is 19.2. The molecule has 9 heteroatoms. The fraction of sp³-hybridized carbons (Fsp3) is 0.750. The molecule has 1 aromatic rings. The van der Waals surface area contributed by atoms with E-state index in [0.717, 1.165) is 31.7 Å². The molecule has 0 radical (unpaired) electrons. The fourth-order valence-corrected chi connectivity index (χ4v) is 6.32. The van der Waals surface area contributed by atoms with Gasteiger partial charge in [0.1, 0.15) is 24.0 Å². The standard InChI is InChI=1S/C24H35F8P/c1-3-5-7-16(4-2)11-13-33(21-10-9-17(26)14-19(21)28)15-20(29)23(31)24(32)22(30)18(27)8-6-12-25/h9-10,14,16,18,20,22-24H,3-8,11-13,15H2,1-2H3. The summed E-state index contributed by atoms with van der Waals surface area (Å²) in [6.07, 6.45) is -10.7. The molecule has 0 spiro atoms. The van der Waals surface area contributed by atoms with Gasteiger partial charge < -0.3 is 0 Å². The summed E-state index contributed by atoms with van der Waals surface area (Å²) in [6, 6.07) is 2.87. The molecule has 0 aromatic heterocycles. The molecule has 0 fully saturated rings. The van der Waals surface area contributed by atoms with Crippen molar-refractivity contribution in [2.75, 3.05) is 19.0 Å². The number of halogens is 8. The number of unbranched alkanes of at least 4 members (excludes halogenated alkanes) is 1. The Morgan fingerprint density at radius 2 is 1.48 bits per heavy atom. The van der Waals surface area contributed by atoms with E-state index >= 15 is 0 Å². The summed E-state index contributed by atoms with van der Waals surface area (Å²) >= 11 is 0. The smallest absolute Gasteiger partial charge is 0.168 e. The normalized spacial score (nSPS) is 18.4. The summed E-state index contributed by atoms with van der Waals surface area (Å²) in [5.41, 5.74) is 0. The summed E-state index contributed by atoms with van der Waals surface area (Å²) in [5.74, 6) is -1.41. The Balaban J connectivity index is 2.94. The number of hydrogen-bond donors (Lipinski definition) is 0. The Labute approximate surface area is 193 Å². The highest BCUT2D eigenvalue weighted by Crippen LogP contribution is 2.41. The van der Waals surface area contributed by atoms with Gasteiger partial charge in [0.25, 0.3) is 0 Å². The molecule has 7 atom stereocenters.